The molecule has 0 aromatic carbocycles. The van der Waals surface area contributed by atoms with Crippen LogP contribution in [0.1, 0.15) is 32.4 Å². The summed E-state index contributed by atoms with van der Waals surface area (Å²) in [5.41, 5.74) is 0. The van der Waals surface area contributed by atoms with E-state index in [0.29, 0.717) is 17.5 Å². The van der Waals surface area contributed by atoms with Crippen molar-refractivity contribution in [3.05, 3.63) is 11.8 Å². The lowest BCUT2D eigenvalue weighted by atomic mass is 10.0. The average molecular weight is 280 g/mol. The number of piperidine rings is 1. The van der Waals surface area contributed by atoms with Crippen molar-refractivity contribution in [1.82, 2.24) is 15.4 Å². The highest BCUT2D eigenvalue weighted by Crippen LogP contribution is 2.12. The Hall–Kier alpha value is -1.56. The van der Waals surface area contributed by atoms with Gasteiger partial charge in [-0.2, -0.15) is 0 Å². The van der Waals surface area contributed by atoms with Crippen molar-refractivity contribution in [3.63, 3.8) is 0 Å². The van der Waals surface area contributed by atoms with Crippen molar-refractivity contribution in [2.75, 3.05) is 25.0 Å². The average Bonchev–Trinajstić information content (AvgIpc) is 2.76. The zero-order valence-electron chi connectivity index (χ0n) is 12.5. The number of hydrogen-bond donors (Lipinski definition) is 2. The van der Waals surface area contributed by atoms with E-state index in [2.05, 4.69) is 34.5 Å². The highest BCUT2D eigenvalue weighted by Gasteiger charge is 2.21. The standard InChI is InChI=1S/C14H24N4O2/c1-10(2)9-18-6-4-12(5-7-18)15-14(19)16-13-8-11(3)20-17-13/h8,10,12H,4-7,9H2,1-3H3,(H2,15,16,17,19). The summed E-state index contributed by atoms with van der Waals surface area (Å²) in [4.78, 5) is 14.3. The van der Waals surface area contributed by atoms with Crippen LogP contribution in [0.3, 0.4) is 0 Å². The summed E-state index contributed by atoms with van der Waals surface area (Å²) in [6.45, 7) is 9.49. The second-order valence-electron chi connectivity index (χ2n) is 5.89. The van der Waals surface area contributed by atoms with Gasteiger partial charge in [0, 0.05) is 31.7 Å². The van der Waals surface area contributed by atoms with E-state index in [1.54, 1.807) is 13.0 Å². The topological polar surface area (TPSA) is 70.4 Å². The third-order valence-corrected chi connectivity index (χ3v) is 3.42. The molecule has 0 radical (unpaired) electrons. The molecule has 2 N–H and O–H groups in total. The Kier molecular flexibility index (Phi) is 5.00. The number of hydrogen-bond acceptors (Lipinski definition) is 4. The van der Waals surface area contributed by atoms with Crippen LogP contribution in [0.25, 0.3) is 0 Å². The van der Waals surface area contributed by atoms with E-state index >= 15 is 0 Å². The molecule has 0 aliphatic carbocycles. The van der Waals surface area contributed by atoms with E-state index in [4.69, 9.17) is 4.52 Å². The van der Waals surface area contributed by atoms with Crippen molar-refractivity contribution < 1.29 is 9.32 Å². The number of aryl methyl sites for hydroxylation is 1. The molecule has 1 aromatic heterocycles. The Balaban J connectivity index is 1.71. The molecule has 6 nitrogen and oxygen atoms in total. The number of nitrogens with zero attached hydrogens (tertiary/aromatic N) is 2. The molecule has 1 fully saturated rings. The first-order valence-electron chi connectivity index (χ1n) is 7.26. The highest BCUT2D eigenvalue weighted by molar-refractivity contribution is 5.88. The summed E-state index contributed by atoms with van der Waals surface area (Å²) < 4.78 is 4.91. The number of aromatic nitrogens is 1. The van der Waals surface area contributed by atoms with Gasteiger partial charge in [0.2, 0.25) is 0 Å². The minimum absolute atomic E-state index is 0.208. The van der Waals surface area contributed by atoms with Gasteiger partial charge in [0.15, 0.2) is 5.82 Å². The molecule has 1 aliphatic heterocycles. The van der Waals surface area contributed by atoms with E-state index in [0.717, 1.165) is 32.5 Å². The Bertz CT molecular complexity index is 436. The monoisotopic (exact) mass is 280 g/mol. The number of anilines is 1. The third-order valence-electron chi connectivity index (χ3n) is 3.42. The number of rotatable bonds is 4. The highest BCUT2D eigenvalue weighted by atomic mass is 16.5. The molecule has 1 aliphatic rings. The number of amides is 2. The summed E-state index contributed by atoms with van der Waals surface area (Å²) in [6.07, 6.45) is 2.00. The van der Waals surface area contributed by atoms with Gasteiger partial charge in [-0.05, 0) is 25.7 Å². The first kappa shape index (κ1) is 14.8. The lowest BCUT2D eigenvalue weighted by Gasteiger charge is -2.33. The number of carbonyl (C=O) groups is 1. The van der Waals surface area contributed by atoms with Crippen molar-refractivity contribution in [1.29, 1.82) is 0 Å². The number of urea groups is 1. The number of likely N-dealkylation sites (tertiary alicyclic amines) is 1. The fourth-order valence-corrected chi connectivity index (χ4v) is 2.54. The Morgan fingerprint density at radius 3 is 2.75 bits per heavy atom. The molecule has 0 saturated carbocycles. The zero-order valence-corrected chi connectivity index (χ0v) is 12.5. The molecule has 20 heavy (non-hydrogen) atoms. The van der Waals surface area contributed by atoms with Gasteiger partial charge >= 0.3 is 6.03 Å². The lowest BCUT2D eigenvalue weighted by Crippen LogP contribution is -2.46. The fraction of sp³-hybridized carbons (Fsp3) is 0.714. The zero-order chi connectivity index (χ0) is 14.5. The maximum absolute atomic E-state index is 11.8. The van der Waals surface area contributed by atoms with E-state index in [-0.39, 0.29) is 12.1 Å². The van der Waals surface area contributed by atoms with E-state index < -0.39 is 0 Å². The van der Waals surface area contributed by atoms with Crippen LogP contribution in [0.2, 0.25) is 0 Å². The predicted octanol–water partition coefficient (Wildman–Crippen LogP) is 2.22. The molecule has 0 spiro atoms. The van der Waals surface area contributed by atoms with Gasteiger partial charge in [0.1, 0.15) is 5.76 Å². The van der Waals surface area contributed by atoms with Gasteiger partial charge in [-0.3, -0.25) is 5.32 Å². The minimum atomic E-state index is -0.208. The maximum Gasteiger partial charge on any atom is 0.320 e. The molecule has 112 valence electrons. The summed E-state index contributed by atoms with van der Waals surface area (Å²) in [7, 11) is 0. The quantitative estimate of drug-likeness (QED) is 0.887. The normalized spacial score (nSPS) is 17.4. The van der Waals surface area contributed by atoms with Gasteiger partial charge in [-0.15, -0.1) is 0 Å². The molecule has 2 heterocycles. The smallest absolute Gasteiger partial charge is 0.320 e. The predicted molar refractivity (Wildman–Crippen MR) is 77.7 cm³/mol. The second kappa shape index (κ2) is 6.74. The van der Waals surface area contributed by atoms with Crippen molar-refractivity contribution >= 4 is 11.8 Å². The van der Waals surface area contributed by atoms with Crippen LogP contribution in [0.4, 0.5) is 10.6 Å². The number of carbonyl (C=O) groups excluding carboxylic acids is 1. The van der Waals surface area contributed by atoms with Crippen molar-refractivity contribution in [2.45, 2.75) is 39.7 Å². The van der Waals surface area contributed by atoms with Gasteiger partial charge in [-0.25, -0.2) is 4.79 Å². The molecule has 2 rings (SSSR count). The fourth-order valence-electron chi connectivity index (χ4n) is 2.54. The summed E-state index contributed by atoms with van der Waals surface area (Å²) in [6, 6.07) is 1.73. The molecule has 2 amide bonds. The SMILES string of the molecule is Cc1cc(NC(=O)NC2CCN(CC(C)C)CC2)no1. The molecule has 1 aromatic rings. The van der Waals surface area contributed by atoms with Crippen molar-refractivity contribution in [2.24, 2.45) is 5.92 Å². The summed E-state index contributed by atoms with van der Waals surface area (Å²) in [5.74, 6) is 1.83. The molecule has 0 atom stereocenters. The van der Waals surface area contributed by atoms with Crippen LogP contribution in [0.5, 0.6) is 0 Å². The first-order valence-corrected chi connectivity index (χ1v) is 7.26. The Morgan fingerprint density at radius 1 is 1.50 bits per heavy atom. The van der Waals surface area contributed by atoms with Crippen LogP contribution >= 0.6 is 0 Å². The largest absolute Gasteiger partial charge is 0.360 e. The molecular formula is C14H24N4O2. The van der Waals surface area contributed by atoms with E-state index in [1.165, 1.54) is 0 Å². The maximum atomic E-state index is 11.8. The summed E-state index contributed by atoms with van der Waals surface area (Å²) in [5, 5.41) is 9.42. The number of nitrogens with one attached hydrogen (secondary N) is 2. The van der Waals surface area contributed by atoms with Gasteiger partial charge in [0.25, 0.3) is 0 Å². The molecule has 6 heteroatoms. The molecular weight excluding hydrogens is 256 g/mol. The van der Waals surface area contributed by atoms with E-state index in [9.17, 15) is 4.79 Å². The van der Waals surface area contributed by atoms with Gasteiger partial charge in [0.05, 0.1) is 0 Å². The van der Waals surface area contributed by atoms with Crippen molar-refractivity contribution in [3.8, 4) is 0 Å². The van der Waals surface area contributed by atoms with Gasteiger partial charge < -0.3 is 14.7 Å². The lowest BCUT2D eigenvalue weighted by molar-refractivity contribution is 0.180. The van der Waals surface area contributed by atoms with Gasteiger partial charge in [-0.1, -0.05) is 19.0 Å². The molecule has 1 saturated heterocycles. The minimum Gasteiger partial charge on any atom is -0.360 e. The second-order valence-corrected chi connectivity index (χ2v) is 5.89. The third kappa shape index (κ3) is 4.52. The molecule has 0 bridgehead atoms. The first-order chi connectivity index (χ1) is 9.52. The Labute approximate surface area is 119 Å². The van der Waals surface area contributed by atoms with Crippen LogP contribution in [0, 0.1) is 12.8 Å². The van der Waals surface area contributed by atoms with Crippen LogP contribution < -0.4 is 10.6 Å². The van der Waals surface area contributed by atoms with Crippen LogP contribution in [-0.4, -0.2) is 41.8 Å². The van der Waals surface area contributed by atoms with Crippen LogP contribution in [0.15, 0.2) is 10.6 Å². The van der Waals surface area contributed by atoms with E-state index in [1.807, 2.05) is 0 Å². The Morgan fingerprint density at radius 2 is 2.20 bits per heavy atom. The molecule has 0 unspecified atom stereocenters. The van der Waals surface area contributed by atoms with Crippen LogP contribution in [-0.2, 0) is 0 Å². The summed E-state index contributed by atoms with van der Waals surface area (Å²) >= 11 is 0.